The second kappa shape index (κ2) is 7.08. The van der Waals surface area contributed by atoms with Crippen LogP contribution in [0.5, 0.6) is 0 Å². The molecule has 0 saturated carbocycles. The van der Waals surface area contributed by atoms with Crippen molar-refractivity contribution < 1.29 is 4.79 Å². The Bertz CT molecular complexity index is 802. The topological polar surface area (TPSA) is 102 Å². The second-order valence-corrected chi connectivity index (χ2v) is 5.76. The summed E-state index contributed by atoms with van der Waals surface area (Å²) in [5.74, 6) is -0.0800. The summed E-state index contributed by atoms with van der Waals surface area (Å²) in [5.41, 5.74) is 0.977. The standard InChI is InChI=1S/C15H21N5O3/c1-10(8-20-12(3)6-11(2)18-20)7-16-14(22)9-19-5-4-13(21)17-15(19)23/h4-6,10H,7-9H2,1-3H3,(H,16,22)(H,17,21,23)/t10-/m0/s1. The number of rotatable bonds is 6. The molecule has 0 aliphatic rings. The van der Waals surface area contributed by atoms with Gasteiger partial charge in [0.2, 0.25) is 5.91 Å². The fourth-order valence-electron chi connectivity index (χ4n) is 2.29. The van der Waals surface area contributed by atoms with Gasteiger partial charge in [0, 0.05) is 31.0 Å². The van der Waals surface area contributed by atoms with Gasteiger partial charge in [-0.05, 0) is 25.8 Å². The van der Waals surface area contributed by atoms with Gasteiger partial charge in [0.05, 0.1) is 5.69 Å². The molecule has 8 nitrogen and oxygen atoms in total. The third-order valence-electron chi connectivity index (χ3n) is 3.45. The van der Waals surface area contributed by atoms with E-state index in [9.17, 15) is 14.4 Å². The van der Waals surface area contributed by atoms with Crippen LogP contribution in [0.15, 0.2) is 27.9 Å². The normalized spacial score (nSPS) is 12.1. The summed E-state index contributed by atoms with van der Waals surface area (Å²) in [6.45, 7) is 7.02. The molecule has 0 unspecified atom stereocenters. The number of aromatic nitrogens is 4. The molecule has 23 heavy (non-hydrogen) atoms. The minimum atomic E-state index is -0.594. The zero-order valence-electron chi connectivity index (χ0n) is 13.5. The van der Waals surface area contributed by atoms with Gasteiger partial charge in [-0.15, -0.1) is 0 Å². The van der Waals surface area contributed by atoms with Gasteiger partial charge >= 0.3 is 5.69 Å². The van der Waals surface area contributed by atoms with Crippen LogP contribution < -0.4 is 16.6 Å². The first-order valence-corrected chi connectivity index (χ1v) is 7.42. The molecule has 124 valence electrons. The van der Waals surface area contributed by atoms with Crippen LogP contribution in [0.2, 0.25) is 0 Å². The smallest absolute Gasteiger partial charge is 0.328 e. The zero-order valence-corrected chi connectivity index (χ0v) is 13.5. The SMILES string of the molecule is Cc1cc(C)n(C[C@@H](C)CNC(=O)Cn2ccc(=O)[nH]c2=O)n1. The molecule has 0 fully saturated rings. The van der Waals surface area contributed by atoms with E-state index >= 15 is 0 Å². The minimum absolute atomic E-state index is 0.123. The number of aryl methyl sites for hydroxylation is 2. The number of hydrogen-bond donors (Lipinski definition) is 2. The molecule has 0 spiro atoms. The van der Waals surface area contributed by atoms with Crippen molar-refractivity contribution in [1.82, 2.24) is 24.6 Å². The van der Waals surface area contributed by atoms with E-state index in [4.69, 9.17) is 0 Å². The first-order chi connectivity index (χ1) is 10.8. The van der Waals surface area contributed by atoms with Gasteiger partial charge in [-0.25, -0.2) is 4.79 Å². The van der Waals surface area contributed by atoms with Gasteiger partial charge in [-0.3, -0.25) is 23.8 Å². The van der Waals surface area contributed by atoms with Crippen molar-refractivity contribution in [1.29, 1.82) is 0 Å². The molecule has 1 atom stereocenters. The number of nitrogens with one attached hydrogen (secondary N) is 2. The number of H-pyrrole nitrogens is 1. The highest BCUT2D eigenvalue weighted by Crippen LogP contribution is 2.05. The maximum atomic E-state index is 11.9. The summed E-state index contributed by atoms with van der Waals surface area (Å²) in [6.07, 6.45) is 1.31. The maximum Gasteiger partial charge on any atom is 0.328 e. The average molecular weight is 319 g/mol. The molecule has 0 aromatic carbocycles. The van der Waals surface area contributed by atoms with Gasteiger partial charge in [-0.1, -0.05) is 6.92 Å². The van der Waals surface area contributed by atoms with Gasteiger partial charge in [0.25, 0.3) is 5.56 Å². The van der Waals surface area contributed by atoms with Crippen molar-refractivity contribution in [2.75, 3.05) is 6.54 Å². The van der Waals surface area contributed by atoms with Crippen LogP contribution in [0.1, 0.15) is 18.3 Å². The van der Waals surface area contributed by atoms with Crippen molar-refractivity contribution >= 4 is 5.91 Å². The van der Waals surface area contributed by atoms with Crippen molar-refractivity contribution in [3.8, 4) is 0 Å². The highest BCUT2D eigenvalue weighted by atomic mass is 16.2. The first kappa shape index (κ1) is 16.7. The van der Waals surface area contributed by atoms with Crippen molar-refractivity contribution in [2.24, 2.45) is 5.92 Å². The Labute approximate surface area is 133 Å². The molecule has 2 heterocycles. The van der Waals surface area contributed by atoms with Crippen LogP contribution >= 0.6 is 0 Å². The second-order valence-electron chi connectivity index (χ2n) is 5.76. The Hall–Kier alpha value is -2.64. The van der Waals surface area contributed by atoms with E-state index in [1.54, 1.807) is 0 Å². The lowest BCUT2D eigenvalue weighted by atomic mass is 10.2. The molecule has 1 amide bonds. The molecule has 0 aliphatic carbocycles. The van der Waals surface area contributed by atoms with E-state index in [-0.39, 0.29) is 18.4 Å². The van der Waals surface area contributed by atoms with Crippen LogP contribution in [0.3, 0.4) is 0 Å². The molecule has 2 rings (SSSR count). The average Bonchev–Trinajstić information content (AvgIpc) is 2.78. The predicted molar refractivity (Wildman–Crippen MR) is 85.2 cm³/mol. The summed E-state index contributed by atoms with van der Waals surface area (Å²) >= 11 is 0. The number of nitrogens with zero attached hydrogens (tertiary/aromatic N) is 3. The number of hydrogen-bond acceptors (Lipinski definition) is 4. The lowest BCUT2D eigenvalue weighted by Crippen LogP contribution is -2.37. The molecular formula is C15H21N5O3. The molecule has 0 saturated heterocycles. The monoisotopic (exact) mass is 319 g/mol. The van der Waals surface area contributed by atoms with Crippen LogP contribution in [0.25, 0.3) is 0 Å². The van der Waals surface area contributed by atoms with Crippen molar-refractivity contribution in [3.63, 3.8) is 0 Å². The molecule has 0 aliphatic heterocycles. The van der Waals surface area contributed by atoms with Crippen LogP contribution in [0, 0.1) is 19.8 Å². The summed E-state index contributed by atoms with van der Waals surface area (Å²) in [6, 6.07) is 3.22. The van der Waals surface area contributed by atoms with Gasteiger partial charge in [0.1, 0.15) is 6.54 Å². The third-order valence-corrected chi connectivity index (χ3v) is 3.45. The van der Waals surface area contributed by atoms with E-state index in [0.29, 0.717) is 13.1 Å². The van der Waals surface area contributed by atoms with E-state index in [0.717, 1.165) is 16.0 Å². The van der Waals surface area contributed by atoms with Gasteiger partial charge in [-0.2, -0.15) is 5.10 Å². The van der Waals surface area contributed by atoms with Crippen LogP contribution in [0.4, 0.5) is 0 Å². The zero-order chi connectivity index (χ0) is 17.0. The van der Waals surface area contributed by atoms with E-state index < -0.39 is 11.2 Å². The van der Waals surface area contributed by atoms with Crippen LogP contribution in [-0.2, 0) is 17.9 Å². The Kier molecular flexibility index (Phi) is 5.15. The van der Waals surface area contributed by atoms with E-state index in [1.807, 2.05) is 31.5 Å². The Morgan fingerprint density at radius 3 is 2.74 bits per heavy atom. The van der Waals surface area contributed by atoms with Crippen molar-refractivity contribution in [3.05, 3.63) is 50.6 Å². The van der Waals surface area contributed by atoms with E-state index in [1.165, 1.54) is 12.3 Å². The molecule has 8 heteroatoms. The highest BCUT2D eigenvalue weighted by Gasteiger charge is 2.10. The van der Waals surface area contributed by atoms with Crippen LogP contribution in [-0.4, -0.2) is 31.8 Å². The first-order valence-electron chi connectivity index (χ1n) is 7.42. The number of carbonyl (C=O) groups is 1. The Morgan fingerprint density at radius 2 is 2.13 bits per heavy atom. The molecule has 2 N–H and O–H groups in total. The fourth-order valence-corrected chi connectivity index (χ4v) is 2.29. The minimum Gasteiger partial charge on any atom is -0.354 e. The molecule has 0 bridgehead atoms. The Balaban J connectivity index is 1.85. The van der Waals surface area contributed by atoms with Gasteiger partial charge in [0.15, 0.2) is 0 Å². The summed E-state index contributed by atoms with van der Waals surface area (Å²) < 4.78 is 3.07. The predicted octanol–water partition coefficient (Wildman–Crippen LogP) is -0.198. The Morgan fingerprint density at radius 1 is 1.39 bits per heavy atom. The van der Waals surface area contributed by atoms with Crippen molar-refractivity contribution in [2.45, 2.75) is 33.9 Å². The quantitative estimate of drug-likeness (QED) is 0.770. The number of amides is 1. The number of carbonyl (C=O) groups excluding carboxylic acids is 1. The lowest BCUT2D eigenvalue weighted by molar-refractivity contribution is -0.121. The molecular weight excluding hydrogens is 298 g/mol. The maximum absolute atomic E-state index is 11.9. The lowest BCUT2D eigenvalue weighted by Gasteiger charge is -2.14. The molecule has 0 radical (unpaired) electrons. The summed E-state index contributed by atoms with van der Waals surface area (Å²) in [4.78, 5) is 36.5. The fraction of sp³-hybridized carbons (Fsp3) is 0.467. The molecule has 2 aromatic rings. The summed E-state index contributed by atoms with van der Waals surface area (Å²) in [7, 11) is 0. The largest absolute Gasteiger partial charge is 0.354 e. The van der Waals surface area contributed by atoms with Gasteiger partial charge < -0.3 is 5.32 Å². The third kappa shape index (κ3) is 4.67. The number of aromatic amines is 1. The molecule has 2 aromatic heterocycles. The highest BCUT2D eigenvalue weighted by molar-refractivity contribution is 5.75. The van der Waals surface area contributed by atoms with E-state index in [2.05, 4.69) is 15.4 Å². The summed E-state index contributed by atoms with van der Waals surface area (Å²) in [5, 5.41) is 7.18.